The number of rotatable bonds is 4. The van der Waals surface area contributed by atoms with Crippen LogP contribution in [0.2, 0.25) is 0 Å². The molecule has 0 saturated heterocycles. The number of amides is 1. The van der Waals surface area contributed by atoms with Crippen molar-refractivity contribution in [3.8, 4) is 0 Å². The minimum Gasteiger partial charge on any atom is -0.325 e. The normalized spacial score (nSPS) is 11.1. The number of Topliss-reactive ketones (excluding diaryl/α,β-unsaturated/α-hetero) is 1. The van der Waals surface area contributed by atoms with E-state index in [0.717, 1.165) is 0 Å². The minimum absolute atomic E-state index is 0.0124. The highest BCUT2D eigenvalue weighted by atomic mass is 16.2. The largest absolute Gasteiger partial charge is 0.325 e. The Balaban J connectivity index is 2.76. The lowest BCUT2D eigenvalue weighted by Gasteiger charge is -2.22. The molecule has 0 aromatic heterocycles. The van der Waals surface area contributed by atoms with Crippen molar-refractivity contribution in [2.75, 3.05) is 12.4 Å². The van der Waals surface area contributed by atoms with Crippen LogP contribution in [-0.2, 0) is 4.79 Å². The summed E-state index contributed by atoms with van der Waals surface area (Å²) in [6, 6.07) is 6.84. The van der Waals surface area contributed by atoms with Crippen LogP contribution >= 0.6 is 0 Å². The molecule has 4 nitrogen and oxygen atoms in total. The van der Waals surface area contributed by atoms with E-state index in [4.69, 9.17) is 0 Å². The van der Waals surface area contributed by atoms with Crippen LogP contribution in [0.3, 0.4) is 0 Å². The van der Waals surface area contributed by atoms with Gasteiger partial charge < -0.3 is 10.6 Å². The van der Waals surface area contributed by atoms with Crippen LogP contribution in [0.5, 0.6) is 0 Å². The summed E-state index contributed by atoms with van der Waals surface area (Å²) < 4.78 is 0. The second-order valence-corrected chi connectivity index (χ2v) is 4.46. The lowest BCUT2D eigenvalue weighted by molar-refractivity contribution is -0.121. The average Bonchev–Trinajstić information content (AvgIpc) is 2.29. The van der Waals surface area contributed by atoms with Crippen LogP contribution in [0.4, 0.5) is 5.69 Å². The smallest absolute Gasteiger partial charge is 0.244 e. The number of likely N-dealkylation sites (N-methyl/N-ethyl adjacent to an activating group) is 1. The van der Waals surface area contributed by atoms with Gasteiger partial charge in [0.25, 0.3) is 0 Å². The molecule has 0 heterocycles. The number of benzene rings is 1. The summed E-state index contributed by atoms with van der Waals surface area (Å²) in [5, 5.41) is 5.71. The number of hydrogen-bond donors (Lipinski definition) is 2. The summed E-state index contributed by atoms with van der Waals surface area (Å²) >= 11 is 0. The average molecular weight is 234 g/mol. The molecule has 1 rings (SSSR count). The Kier molecular flexibility index (Phi) is 4.02. The van der Waals surface area contributed by atoms with Crippen molar-refractivity contribution in [1.82, 2.24) is 5.32 Å². The summed E-state index contributed by atoms with van der Waals surface area (Å²) in [7, 11) is 1.73. The Morgan fingerprint density at radius 1 is 1.12 bits per heavy atom. The van der Waals surface area contributed by atoms with Gasteiger partial charge in [0.2, 0.25) is 5.91 Å². The van der Waals surface area contributed by atoms with Gasteiger partial charge in [-0.15, -0.1) is 0 Å². The molecule has 0 spiro atoms. The highest BCUT2D eigenvalue weighted by Gasteiger charge is 2.24. The molecule has 0 saturated carbocycles. The van der Waals surface area contributed by atoms with Crippen molar-refractivity contribution in [2.45, 2.75) is 26.3 Å². The fourth-order valence-corrected chi connectivity index (χ4v) is 1.19. The summed E-state index contributed by atoms with van der Waals surface area (Å²) in [6.07, 6.45) is 0. The zero-order chi connectivity index (χ0) is 13.1. The van der Waals surface area contributed by atoms with E-state index in [1.165, 1.54) is 6.92 Å². The van der Waals surface area contributed by atoms with Gasteiger partial charge in [0.1, 0.15) is 0 Å². The maximum atomic E-state index is 11.8. The molecule has 0 unspecified atom stereocenters. The Morgan fingerprint density at radius 3 is 2.06 bits per heavy atom. The third kappa shape index (κ3) is 3.39. The minimum atomic E-state index is -0.626. The van der Waals surface area contributed by atoms with Crippen molar-refractivity contribution in [3.63, 3.8) is 0 Å². The van der Waals surface area contributed by atoms with Gasteiger partial charge in [-0.25, -0.2) is 0 Å². The van der Waals surface area contributed by atoms with Crippen molar-refractivity contribution in [1.29, 1.82) is 0 Å². The first-order valence-electron chi connectivity index (χ1n) is 5.48. The maximum absolute atomic E-state index is 11.8. The van der Waals surface area contributed by atoms with Gasteiger partial charge in [0.05, 0.1) is 5.54 Å². The third-order valence-corrected chi connectivity index (χ3v) is 2.74. The van der Waals surface area contributed by atoms with Crippen LogP contribution in [0, 0.1) is 0 Å². The molecule has 0 aliphatic heterocycles. The van der Waals surface area contributed by atoms with E-state index in [1.807, 2.05) is 0 Å². The van der Waals surface area contributed by atoms with Crippen LogP contribution in [0.25, 0.3) is 0 Å². The fourth-order valence-electron chi connectivity index (χ4n) is 1.19. The molecular formula is C13H18N2O2. The van der Waals surface area contributed by atoms with Gasteiger partial charge >= 0.3 is 0 Å². The third-order valence-electron chi connectivity index (χ3n) is 2.74. The summed E-state index contributed by atoms with van der Waals surface area (Å²) in [4.78, 5) is 22.9. The monoisotopic (exact) mass is 234 g/mol. The Morgan fingerprint density at radius 2 is 1.65 bits per heavy atom. The summed E-state index contributed by atoms with van der Waals surface area (Å²) in [5.41, 5.74) is 0.693. The van der Waals surface area contributed by atoms with Crippen LogP contribution in [0.1, 0.15) is 31.1 Å². The van der Waals surface area contributed by atoms with Gasteiger partial charge in [0, 0.05) is 11.3 Å². The molecule has 0 fully saturated rings. The summed E-state index contributed by atoms with van der Waals surface area (Å²) in [6.45, 7) is 5.11. The van der Waals surface area contributed by atoms with E-state index in [0.29, 0.717) is 11.3 Å². The first-order chi connectivity index (χ1) is 7.86. The zero-order valence-electron chi connectivity index (χ0n) is 10.6. The highest BCUT2D eigenvalue weighted by molar-refractivity contribution is 5.98. The highest BCUT2D eigenvalue weighted by Crippen LogP contribution is 2.12. The Bertz CT molecular complexity index is 422. The maximum Gasteiger partial charge on any atom is 0.244 e. The lowest BCUT2D eigenvalue weighted by Crippen LogP contribution is -2.47. The number of carbonyl (C=O) groups is 2. The number of nitrogens with one attached hydrogen (secondary N) is 2. The number of carbonyl (C=O) groups excluding carboxylic acids is 2. The van der Waals surface area contributed by atoms with Gasteiger partial charge in [-0.1, -0.05) is 0 Å². The predicted octanol–water partition coefficient (Wildman–Crippen LogP) is 1.83. The molecule has 0 bridgehead atoms. The number of ketones is 1. The van der Waals surface area contributed by atoms with E-state index in [-0.39, 0.29) is 11.7 Å². The SMILES string of the molecule is CNC(C)(C)C(=O)Nc1ccc(C(C)=O)cc1. The quantitative estimate of drug-likeness (QED) is 0.781. The van der Waals surface area contributed by atoms with Gasteiger partial charge in [0.15, 0.2) is 5.78 Å². The first kappa shape index (κ1) is 13.4. The number of hydrogen-bond acceptors (Lipinski definition) is 3. The van der Waals surface area contributed by atoms with E-state index >= 15 is 0 Å². The van der Waals surface area contributed by atoms with Crippen LogP contribution in [0.15, 0.2) is 24.3 Å². The molecule has 2 N–H and O–H groups in total. The van der Waals surface area contributed by atoms with Crippen LogP contribution < -0.4 is 10.6 Å². The topological polar surface area (TPSA) is 58.2 Å². The molecule has 0 radical (unpaired) electrons. The fraction of sp³-hybridized carbons (Fsp3) is 0.385. The van der Waals surface area contributed by atoms with E-state index < -0.39 is 5.54 Å². The molecule has 1 amide bonds. The molecule has 92 valence electrons. The molecule has 1 aromatic carbocycles. The van der Waals surface area contributed by atoms with Crippen molar-refractivity contribution >= 4 is 17.4 Å². The first-order valence-corrected chi connectivity index (χ1v) is 5.48. The van der Waals surface area contributed by atoms with Gasteiger partial charge in [-0.3, -0.25) is 9.59 Å². The van der Waals surface area contributed by atoms with Crippen LogP contribution in [-0.4, -0.2) is 24.3 Å². The molecule has 17 heavy (non-hydrogen) atoms. The Hall–Kier alpha value is -1.68. The lowest BCUT2D eigenvalue weighted by atomic mass is 10.0. The molecule has 0 aliphatic rings. The van der Waals surface area contributed by atoms with Crippen molar-refractivity contribution < 1.29 is 9.59 Å². The molecular weight excluding hydrogens is 216 g/mol. The van der Waals surface area contributed by atoms with Crippen molar-refractivity contribution in [2.24, 2.45) is 0 Å². The Labute approximate surface area is 101 Å². The predicted molar refractivity (Wildman–Crippen MR) is 68.2 cm³/mol. The standard InChI is InChI=1S/C13H18N2O2/c1-9(16)10-5-7-11(8-6-10)15-12(17)13(2,3)14-4/h5-8,14H,1-4H3,(H,15,17). The van der Waals surface area contributed by atoms with Gasteiger partial charge in [-0.2, -0.15) is 0 Å². The van der Waals surface area contributed by atoms with Gasteiger partial charge in [-0.05, 0) is 52.1 Å². The molecule has 4 heteroatoms. The van der Waals surface area contributed by atoms with E-state index in [9.17, 15) is 9.59 Å². The van der Waals surface area contributed by atoms with E-state index in [1.54, 1.807) is 45.2 Å². The van der Waals surface area contributed by atoms with E-state index in [2.05, 4.69) is 10.6 Å². The summed E-state index contributed by atoms with van der Waals surface area (Å²) in [5.74, 6) is -0.103. The second kappa shape index (κ2) is 5.10. The molecule has 0 atom stereocenters. The number of anilines is 1. The second-order valence-electron chi connectivity index (χ2n) is 4.46. The molecule has 0 aliphatic carbocycles. The molecule has 1 aromatic rings. The van der Waals surface area contributed by atoms with Crippen molar-refractivity contribution in [3.05, 3.63) is 29.8 Å². The zero-order valence-corrected chi connectivity index (χ0v) is 10.6.